The van der Waals surface area contributed by atoms with Crippen LogP contribution in [-0.4, -0.2) is 34.8 Å². The summed E-state index contributed by atoms with van der Waals surface area (Å²) in [6.45, 7) is 4.53. The van der Waals surface area contributed by atoms with Crippen molar-refractivity contribution in [1.82, 2.24) is 14.8 Å². The number of nitrogens with one attached hydrogen (secondary N) is 1. The minimum absolute atomic E-state index is 0.218. The Hall–Kier alpha value is -3.93. The Bertz CT molecular complexity index is 1220. The normalized spacial score (nSPS) is 10.8. The summed E-state index contributed by atoms with van der Waals surface area (Å²) in [5.41, 5.74) is 5.83. The van der Waals surface area contributed by atoms with Crippen LogP contribution in [0.3, 0.4) is 0 Å². The molecule has 1 heterocycles. The fraction of sp³-hybridized carbons (Fsp3) is 0.192. The highest BCUT2D eigenvalue weighted by molar-refractivity contribution is 5.97. The van der Waals surface area contributed by atoms with E-state index < -0.39 is 0 Å². The highest BCUT2D eigenvalue weighted by Gasteiger charge is 2.19. The number of aromatic nitrogens is 3. The van der Waals surface area contributed by atoms with E-state index >= 15 is 0 Å². The first-order chi connectivity index (χ1) is 15.4. The van der Waals surface area contributed by atoms with Crippen molar-refractivity contribution in [3.63, 3.8) is 0 Å². The number of hydrogen-bond donors (Lipinski definition) is 1. The van der Waals surface area contributed by atoms with Crippen molar-refractivity contribution >= 4 is 17.5 Å². The van der Waals surface area contributed by atoms with Crippen LogP contribution < -0.4 is 10.2 Å². The predicted octanol–water partition coefficient (Wildman–Crippen LogP) is 4.93. The lowest BCUT2D eigenvalue weighted by atomic mass is 10.1. The van der Waals surface area contributed by atoms with Crippen LogP contribution in [0.1, 0.15) is 27.0 Å². The maximum atomic E-state index is 13.3. The van der Waals surface area contributed by atoms with E-state index in [4.69, 9.17) is 0 Å². The molecule has 32 heavy (non-hydrogen) atoms. The number of carbonyl (C=O) groups is 1. The van der Waals surface area contributed by atoms with Crippen molar-refractivity contribution in [3.05, 3.63) is 95.1 Å². The molecule has 0 atom stereocenters. The fourth-order valence-corrected chi connectivity index (χ4v) is 3.39. The summed E-state index contributed by atoms with van der Waals surface area (Å²) >= 11 is 0. The third-order valence-corrected chi connectivity index (χ3v) is 5.28. The summed E-state index contributed by atoms with van der Waals surface area (Å²) in [5.74, 6) is 0.713. The molecule has 6 heteroatoms. The molecular formula is C26H27N5O. The topological polar surface area (TPSA) is 63.1 Å². The predicted molar refractivity (Wildman–Crippen MR) is 129 cm³/mol. The van der Waals surface area contributed by atoms with E-state index in [2.05, 4.69) is 44.6 Å². The van der Waals surface area contributed by atoms with E-state index in [1.807, 2.05) is 70.4 Å². The molecule has 0 amide bonds. The Labute approximate surface area is 188 Å². The van der Waals surface area contributed by atoms with Crippen LogP contribution in [0.2, 0.25) is 0 Å². The number of benzene rings is 3. The molecule has 0 bridgehead atoms. The molecule has 1 N–H and O–H groups in total. The molecule has 0 aliphatic heterocycles. The maximum absolute atomic E-state index is 13.3. The Morgan fingerprint density at radius 3 is 2.31 bits per heavy atom. The van der Waals surface area contributed by atoms with Gasteiger partial charge in [-0.25, -0.2) is 0 Å². The van der Waals surface area contributed by atoms with Crippen LogP contribution in [0.15, 0.2) is 72.8 Å². The minimum Gasteiger partial charge on any atom is -0.378 e. The van der Waals surface area contributed by atoms with Gasteiger partial charge in [0.1, 0.15) is 0 Å². The van der Waals surface area contributed by atoms with Crippen LogP contribution in [0.5, 0.6) is 0 Å². The van der Waals surface area contributed by atoms with E-state index in [9.17, 15) is 4.79 Å². The molecule has 4 aromatic rings. The second-order valence-electron chi connectivity index (χ2n) is 8.13. The zero-order valence-electron chi connectivity index (χ0n) is 18.8. The molecule has 0 radical (unpaired) electrons. The number of hydrogen-bond acceptors (Lipinski definition) is 5. The molecule has 0 aliphatic rings. The lowest BCUT2D eigenvalue weighted by Gasteiger charge is -2.13. The fourth-order valence-electron chi connectivity index (χ4n) is 3.39. The molecule has 6 nitrogen and oxygen atoms in total. The summed E-state index contributed by atoms with van der Waals surface area (Å²) in [5, 5.41) is 7.85. The van der Waals surface area contributed by atoms with E-state index in [1.165, 1.54) is 4.68 Å². The zero-order chi connectivity index (χ0) is 22.7. The maximum Gasteiger partial charge on any atom is 0.281 e. The lowest BCUT2D eigenvalue weighted by Crippen LogP contribution is -2.17. The Balaban J connectivity index is 1.65. The van der Waals surface area contributed by atoms with E-state index in [0.717, 1.165) is 27.9 Å². The monoisotopic (exact) mass is 425 g/mol. The SMILES string of the molecule is Cc1ccc(-c2nc(NCc3ccc(N(C)C)cc3)n(C(=O)c3cccc(C)c3)n2)cc1. The van der Waals surface area contributed by atoms with Gasteiger partial charge in [-0.3, -0.25) is 4.79 Å². The summed E-state index contributed by atoms with van der Waals surface area (Å²) in [6.07, 6.45) is 0. The van der Waals surface area contributed by atoms with Crippen LogP contribution >= 0.6 is 0 Å². The summed E-state index contributed by atoms with van der Waals surface area (Å²) in [4.78, 5) is 20.0. The Kier molecular flexibility index (Phi) is 6.03. The molecule has 1 aromatic heterocycles. The summed E-state index contributed by atoms with van der Waals surface area (Å²) in [6, 6.07) is 23.7. The van der Waals surface area contributed by atoms with E-state index in [0.29, 0.717) is 23.9 Å². The first-order valence-electron chi connectivity index (χ1n) is 10.6. The smallest absolute Gasteiger partial charge is 0.281 e. The molecule has 0 spiro atoms. The summed E-state index contributed by atoms with van der Waals surface area (Å²) in [7, 11) is 4.03. The quantitative estimate of drug-likeness (QED) is 0.475. The first-order valence-corrected chi connectivity index (χ1v) is 10.6. The van der Waals surface area contributed by atoms with Crippen LogP contribution in [0, 0.1) is 13.8 Å². The first kappa shape index (κ1) is 21.3. The summed E-state index contributed by atoms with van der Waals surface area (Å²) < 4.78 is 1.36. The molecule has 0 fully saturated rings. The lowest BCUT2D eigenvalue weighted by molar-refractivity contribution is 0.0947. The molecule has 0 saturated heterocycles. The number of aryl methyl sites for hydroxylation is 2. The van der Waals surface area contributed by atoms with Gasteiger partial charge in [-0.1, -0.05) is 59.7 Å². The van der Waals surface area contributed by atoms with Gasteiger partial charge in [0.25, 0.3) is 5.91 Å². The third-order valence-electron chi connectivity index (χ3n) is 5.28. The van der Waals surface area contributed by atoms with Crippen molar-refractivity contribution in [3.8, 4) is 11.4 Å². The average Bonchev–Trinajstić information content (AvgIpc) is 3.22. The zero-order valence-corrected chi connectivity index (χ0v) is 18.8. The van der Waals surface area contributed by atoms with Gasteiger partial charge in [-0.2, -0.15) is 9.67 Å². The van der Waals surface area contributed by atoms with E-state index in [1.54, 1.807) is 6.07 Å². The van der Waals surface area contributed by atoms with Gasteiger partial charge in [0.2, 0.25) is 5.95 Å². The number of carbonyl (C=O) groups excluding carboxylic acids is 1. The van der Waals surface area contributed by atoms with Gasteiger partial charge in [0.15, 0.2) is 5.82 Å². The van der Waals surface area contributed by atoms with Gasteiger partial charge >= 0.3 is 0 Å². The minimum atomic E-state index is -0.218. The molecule has 0 unspecified atom stereocenters. The van der Waals surface area contributed by atoms with Gasteiger partial charge < -0.3 is 10.2 Å². The number of anilines is 2. The largest absolute Gasteiger partial charge is 0.378 e. The van der Waals surface area contributed by atoms with Gasteiger partial charge in [0.05, 0.1) is 0 Å². The van der Waals surface area contributed by atoms with Crippen molar-refractivity contribution in [2.45, 2.75) is 20.4 Å². The van der Waals surface area contributed by atoms with Gasteiger partial charge in [-0.15, -0.1) is 5.10 Å². The molecule has 162 valence electrons. The second kappa shape index (κ2) is 9.06. The third kappa shape index (κ3) is 4.70. The van der Waals surface area contributed by atoms with Gasteiger partial charge in [-0.05, 0) is 43.7 Å². The van der Waals surface area contributed by atoms with E-state index in [-0.39, 0.29) is 5.91 Å². The standard InChI is InChI=1S/C26H27N5O/c1-18-8-12-21(13-9-18)24-28-26(27-17-20-10-14-23(15-11-20)30(3)4)31(29-24)25(32)22-7-5-6-19(2)16-22/h5-16H,17H2,1-4H3,(H,27,28,29). The van der Waals surface area contributed by atoms with Crippen molar-refractivity contribution in [2.75, 3.05) is 24.3 Å². The van der Waals surface area contributed by atoms with Crippen LogP contribution in [-0.2, 0) is 6.54 Å². The molecule has 0 aliphatic carbocycles. The Morgan fingerprint density at radius 2 is 1.66 bits per heavy atom. The molecular weight excluding hydrogens is 398 g/mol. The second-order valence-corrected chi connectivity index (χ2v) is 8.13. The highest BCUT2D eigenvalue weighted by Crippen LogP contribution is 2.21. The highest BCUT2D eigenvalue weighted by atomic mass is 16.2. The van der Waals surface area contributed by atoms with Gasteiger partial charge in [0, 0.05) is 37.5 Å². The van der Waals surface area contributed by atoms with Crippen LogP contribution in [0.4, 0.5) is 11.6 Å². The molecule has 3 aromatic carbocycles. The van der Waals surface area contributed by atoms with Crippen molar-refractivity contribution < 1.29 is 4.79 Å². The molecule has 0 saturated carbocycles. The van der Waals surface area contributed by atoms with Crippen LogP contribution in [0.25, 0.3) is 11.4 Å². The number of rotatable bonds is 6. The number of nitrogens with zero attached hydrogens (tertiary/aromatic N) is 4. The van der Waals surface area contributed by atoms with Crippen molar-refractivity contribution in [2.24, 2.45) is 0 Å². The Morgan fingerprint density at radius 1 is 0.938 bits per heavy atom. The van der Waals surface area contributed by atoms with Crippen molar-refractivity contribution in [1.29, 1.82) is 0 Å². The molecule has 4 rings (SSSR count). The average molecular weight is 426 g/mol.